The van der Waals surface area contributed by atoms with Gasteiger partial charge in [0, 0.05) is 0 Å². The first-order valence-corrected chi connectivity index (χ1v) is 3.40. The van der Waals surface area contributed by atoms with Gasteiger partial charge in [0.05, 0.1) is 5.69 Å². The van der Waals surface area contributed by atoms with Gasteiger partial charge < -0.3 is 17.1 Å². The summed E-state index contributed by atoms with van der Waals surface area (Å²) in [5.41, 5.74) is 3.15. The molecule has 0 aliphatic heterocycles. The van der Waals surface area contributed by atoms with Crippen molar-refractivity contribution in [2.45, 2.75) is 6.36 Å². The van der Waals surface area contributed by atoms with Crippen LogP contribution in [0, 0.1) is 0 Å². The van der Waals surface area contributed by atoms with Crippen molar-refractivity contribution >= 4 is 5.69 Å². The molecule has 0 fully saturated rings. The second-order valence-electron chi connectivity index (χ2n) is 2.25. The molecule has 0 radical (unpaired) electrons. The van der Waals surface area contributed by atoms with Crippen LogP contribution in [0.5, 0.6) is 5.75 Å². The van der Waals surface area contributed by atoms with E-state index in [1.165, 1.54) is 24.3 Å². The second-order valence-corrected chi connectivity index (χ2v) is 2.25. The van der Waals surface area contributed by atoms with Gasteiger partial charge in [0.2, 0.25) is 0 Å². The van der Waals surface area contributed by atoms with Crippen LogP contribution >= 0.6 is 0 Å². The minimum atomic E-state index is -4.64. The largest absolute Gasteiger partial charge is 1.00 e. The average Bonchev–Trinajstić information content (AvgIpc) is 2.03. The molecule has 0 aliphatic rings. The van der Waals surface area contributed by atoms with E-state index in [1.54, 1.807) is 0 Å². The molecule has 0 heterocycles. The summed E-state index contributed by atoms with van der Waals surface area (Å²) in [6.07, 6.45) is -4.64. The highest BCUT2D eigenvalue weighted by molar-refractivity contribution is 5.43. The Morgan fingerprint density at radius 1 is 1.14 bits per heavy atom. The van der Waals surface area contributed by atoms with Crippen molar-refractivity contribution in [2.24, 2.45) is 0 Å². The lowest BCUT2D eigenvalue weighted by Gasteiger charge is -2.08. The first kappa shape index (κ1) is 12.9. The van der Waals surface area contributed by atoms with Crippen LogP contribution in [0.4, 0.5) is 18.9 Å². The smallest absolute Gasteiger partial charge is 0.573 e. The third kappa shape index (κ3) is 4.20. The molecule has 4 N–H and O–H groups in total. The normalized spacial score (nSPS) is 10.3. The number of nitrogens with one attached hydrogen (secondary N) is 1. The lowest BCUT2D eigenvalue weighted by molar-refractivity contribution is -0.325. The van der Waals surface area contributed by atoms with Crippen LogP contribution in [0.1, 0.15) is 0 Å². The van der Waals surface area contributed by atoms with E-state index in [1.807, 2.05) is 0 Å². The maximum atomic E-state index is 11.7. The topological polar surface area (TPSA) is 48.9 Å². The number of benzene rings is 1. The van der Waals surface area contributed by atoms with Crippen LogP contribution in [-0.4, -0.2) is 6.36 Å². The van der Waals surface area contributed by atoms with Crippen molar-refractivity contribution in [1.82, 2.24) is 0 Å². The minimum Gasteiger partial charge on any atom is -1.00 e. The molecule has 1 aromatic rings. The predicted molar refractivity (Wildman–Crippen MR) is 39.6 cm³/mol. The van der Waals surface area contributed by atoms with E-state index < -0.39 is 6.36 Å². The van der Waals surface area contributed by atoms with Crippen molar-refractivity contribution in [3.8, 4) is 5.75 Å². The number of halogens is 4. The Labute approximate surface area is 84.4 Å². The van der Waals surface area contributed by atoms with Gasteiger partial charge in [0.1, 0.15) is 5.75 Å². The standard InChI is InChI=1S/C7H7F3N2O.ClH/c8-7(9,10)13-6-3-1-5(12-11)2-4-6;/h1-4,12H,11H2;1H. The summed E-state index contributed by atoms with van der Waals surface area (Å²) in [4.78, 5) is 0. The second kappa shape index (κ2) is 4.92. The van der Waals surface area contributed by atoms with E-state index >= 15 is 0 Å². The molecule has 0 aromatic heterocycles. The maximum absolute atomic E-state index is 11.7. The summed E-state index contributed by atoms with van der Waals surface area (Å²) in [7, 11) is 0. The van der Waals surface area contributed by atoms with E-state index in [-0.39, 0.29) is 18.2 Å². The van der Waals surface area contributed by atoms with Gasteiger partial charge in [-0.25, -0.2) is 5.43 Å². The van der Waals surface area contributed by atoms with Crippen LogP contribution in [0.2, 0.25) is 0 Å². The highest BCUT2D eigenvalue weighted by Crippen LogP contribution is 2.23. The molecule has 1 aromatic carbocycles. The Morgan fingerprint density at radius 3 is 2.00 bits per heavy atom. The van der Waals surface area contributed by atoms with Crippen LogP contribution in [-0.2, 0) is 0 Å². The molecule has 14 heavy (non-hydrogen) atoms. The van der Waals surface area contributed by atoms with Crippen LogP contribution in [0.15, 0.2) is 24.3 Å². The van der Waals surface area contributed by atoms with Gasteiger partial charge in [-0.3, -0.25) is 5.84 Å². The molecule has 0 amide bonds. The van der Waals surface area contributed by atoms with Crippen LogP contribution in [0.3, 0.4) is 0 Å². The number of alkyl halides is 3. The van der Waals surface area contributed by atoms with Crippen molar-refractivity contribution in [3.05, 3.63) is 24.3 Å². The number of hydrogen-bond acceptors (Lipinski definition) is 2. The summed E-state index contributed by atoms with van der Waals surface area (Å²) in [6, 6.07) is 5.30. The Balaban J connectivity index is 0.00000169. The Kier molecular flexibility index (Phi) is 4.52. The molecular weight excluding hydrogens is 221 g/mol. The molecule has 1 rings (SSSR count). The van der Waals surface area contributed by atoms with Crippen LogP contribution < -0.4 is 28.4 Å². The van der Waals surface area contributed by atoms with E-state index in [9.17, 15) is 13.2 Å². The molecule has 0 bridgehead atoms. The molecule has 80 valence electrons. The number of hydrogen-bond donors (Lipinski definition) is 2. The number of rotatable bonds is 2. The molecule has 0 aliphatic carbocycles. The fourth-order valence-corrected chi connectivity index (χ4v) is 0.774. The third-order valence-corrected chi connectivity index (χ3v) is 1.29. The quantitative estimate of drug-likeness (QED) is 0.585. The predicted octanol–water partition coefficient (Wildman–Crippen LogP) is -1.84. The summed E-state index contributed by atoms with van der Waals surface area (Å²) in [6.45, 7) is 0. The lowest BCUT2D eigenvalue weighted by Crippen LogP contribution is -3.00. The number of ether oxygens (including phenoxy) is 1. The van der Waals surface area contributed by atoms with Crippen LogP contribution in [0.25, 0.3) is 0 Å². The molecule has 0 saturated heterocycles. The van der Waals surface area contributed by atoms with Gasteiger partial charge >= 0.3 is 6.36 Å². The summed E-state index contributed by atoms with van der Waals surface area (Å²) in [5, 5.41) is 0. The van der Waals surface area contributed by atoms with Gasteiger partial charge in [-0.05, 0) is 24.3 Å². The summed E-state index contributed by atoms with van der Waals surface area (Å²) < 4.78 is 38.7. The molecule has 0 atom stereocenters. The molecular formula is C7H8ClF3N2O. The van der Waals surface area contributed by atoms with Gasteiger partial charge in [-0.2, -0.15) is 0 Å². The van der Waals surface area contributed by atoms with Gasteiger partial charge in [-0.15, -0.1) is 13.2 Å². The zero-order valence-electron chi connectivity index (χ0n) is 6.94. The van der Waals surface area contributed by atoms with Gasteiger partial charge in [-0.1, -0.05) is 0 Å². The fraction of sp³-hybridized carbons (Fsp3) is 0.143. The molecule has 0 spiro atoms. The first-order chi connectivity index (χ1) is 6.01. The zero-order valence-corrected chi connectivity index (χ0v) is 7.69. The SMILES string of the molecule is [Cl-].[NH3+]Nc1ccc(OC(F)(F)F)cc1. The Hall–Kier alpha value is -1.14. The summed E-state index contributed by atoms with van der Waals surface area (Å²) >= 11 is 0. The maximum Gasteiger partial charge on any atom is 0.573 e. The van der Waals surface area contributed by atoms with Gasteiger partial charge in [0.25, 0.3) is 0 Å². The minimum absolute atomic E-state index is 0. The number of quaternary nitrogens is 1. The Bertz CT molecular complexity index is 275. The number of anilines is 1. The fourth-order valence-electron chi connectivity index (χ4n) is 0.774. The Morgan fingerprint density at radius 2 is 1.64 bits per heavy atom. The highest BCUT2D eigenvalue weighted by Gasteiger charge is 2.30. The summed E-state index contributed by atoms with van der Waals surface area (Å²) in [5.74, 6) is 3.10. The van der Waals surface area contributed by atoms with Crippen molar-refractivity contribution in [1.29, 1.82) is 0 Å². The van der Waals surface area contributed by atoms with Crippen molar-refractivity contribution in [2.75, 3.05) is 5.43 Å². The molecule has 7 heteroatoms. The zero-order chi connectivity index (χ0) is 9.90. The first-order valence-electron chi connectivity index (χ1n) is 3.40. The lowest BCUT2D eigenvalue weighted by atomic mass is 10.3. The molecule has 0 saturated carbocycles. The monoisotopic (exact) mass is 228 g/mol. The van der Waals surface area contributed by atoms with E-state index in [0.29, 0.717) is 5.69 Å². The third-order valence-electron chi connectivity index (χ3n) is 1.29. The van der Waals surface area contributed by atoms with Crippen molar-refractivity contribution < 1.29 is 36.2 Å². The van der Waals surface area contributed by atoms with Gasteiger partial charge in [0.15, 0.2) is 0 Å². The molecule has 3 nitrogen and oxygen atoms in total. The van der Waals surface area contributed by atoms with E-state index in [0.717, 1.165) is 0 Å². The van der Waals surface area contributed by atoms with E-state index in [2.05, 4.69) is 16.0 Å². The average molecular weight is 229 g/mol. The highest BCUT2D eigenvalue weighted by atomic mass is 35.5. The van der Waals surface area contributed by atoms with Crippen molar-refractivity contribution in [3.63, 3.8) is 0 Å². The van der Waals surface area contributed by atoms with E-state index in [4.69, 9.17) is 0 Å². The molecule has 0 unspecified atom stereocenters.